The second-order valence-electron chi connectivity index (χ2n) is 3.84. The van der Waals surface area contributed by atoms with Crippen LogP contribution in [-0.2, 0) is 5.60 Å². The van der Waals surface area contributed by atoms with Gasteiger partial charge in [-0.1, -0.05) is 18.2 Å². The fourth-order valence-corrected chi connectivity index (χ4v) is 2.01. The van der Waals surface area contributed by atoms with E-state index in [1.807, 2.05) is 16.8 Å². The molecule has 0 spiro atoms. The van der Waals surface area contributed by atoms with Gasteiger partial charge in [-0.05, 0) is 29.3 Å². The number of halogens is 1. The highest BCUT2D eigenvalue weighted by atomic mass is 35.5. The normalized spacial score (nSPS) is 13.8. The second-order valence-corrected chi connectivity index (χ2v) is 5.15. The first-order valence-electron chi connectivity index (χ1n) is 5.02. The summed E-state index contributed by atoms with van der Waals surface area (Å²) in [6.07, 6.45) is 0. The summed E-state index contributed by atoms with van der Waals surface area (Å²) in [7, 11) is 0. The molecule has 1 heterocycles. The number of rotatable bonds is 5. The van der Waals surface area contributed by atoms with Crippen LogP contribution in [0.5, 0.6) is 0 Å². The molecule has 0 saturated carbocycles. The van der Waals surface area contributed by atoms with E-state index in [1.165, 1.54) is 11.3 Å². The summed E-state index contributed by atoms with van der Waals surface area (Å²) in [5.41, 5.74) is -0.292. The molecule has 2 amide bonds. The summed E-state index contributed by atoms with van der Waals surface area (Å²) in [6.45, 7) is 5.43. The van der Waals surface area contributed by atoms with Crippen LogP contribution in [0, 0.1) is 0 Å². The molecule has 0 bridgehead atoms. The van der Waals surface area contributed by atoms with E-state index in [0.29, 0.717) is 5.03 Å². The summed E-state index contributed by atoms with van der Waals surface area (Å²) in [4.78, 5) is 11.3. The Morgan fingerprint density at radius 3 is 2.88 bits per heavy atom. The zero-order valence-electron chi connectivity index (χ0n) is 9.50. The van der Waals surface area contributed by atoms with Gasteiger partial charge in [0.25, 0.3) is 0 Å². The van der Waals surface area contributed by atoms with Gasteiger partial charge < -0.3 is 15.7 Å². The van der Waals surface area contributed by atoms with Crippen LogP contribution in [0.4, 0.5) is 4.79 Å². The Labute approximate surface area is 109 Å². The number of aliphatic hydroxyl groups is 1. The van der Waals surface area contributed by atoms with E-state index >= 15 is 0 Å². The molecular weight excluding hydrogens is 260 g/mol. The first-order chi connectivity index (χ1) is 7.92. The predicted octanol–water partition coefficient (Wildman–Crippen LogP) is 2.01. The zero-order chi connectivity index (χ0) is 12.9. The van der Waals surface area contributed by atoms with Crippen molar-refractivity contribution < 1.29 is 9.90 Å². The van der Waals surface area contributed by atoms with Crippen molar-refractivity contribution in [3.05, 3.63) is 34.0 Å². The first kappa shape index (κ1) is 14.0. The summed E-state index contributed by atoms with van der Waals surface area (Å²) in [5, 5.41) is 19.3. The Hall–Kier alpha value is -1.04. The number of carbonyl (C=O) groups excluding carboxylic acids is 1. The van der Waals surface area contributed by atoms with E-state index in [0.717, 1.165) is 5.56 Å². The fourth-order valence-electron chi connectivity index (χ4n) is 1.16. The quantitative estimate of drug-likeness (QED) is 0.769. The molecule has 0 aliphatic rings. The Bertz CT molecular complexity index is 390. The zero-order valence-corrected chi connectivity index (χ0v) is 11.1. The van der Waals surface area contributed by atoms with Crippen molar-refractivity contribution in [3.63, 3.8) is 0 Å². The number of hydrogen-bond acceptors (Lipinski definition) is 3. The van der Waals surface area contributed by atoms with Crippen molar-refractivity contribution in [2.45, 2.75) is 12.5 Å². The SMILES string of the molecule is C=C(Cl)CNC(=O)NC[C@@](C)(O)c1ccsc1. The van der Waals surface area contributed by atoms with Crippen LogP contribution in [0.3, 0.4) is 0 Å². The van der Waals surface area contributed by atoms with Gasteiger partial charge in [-0.3, -0.25) is 0 Å². The first-order valence-corrected chi connectivity index (χ1v) is 6.34. The Morgan fingerprint density at radius 2 is 2.35 bits per heavy atom. The molecule has 3 N–H and O–H groups in total. The lowest BCUT2D eigenvalue weighted by molar-refractivity contribution is 0.0599. The van der Waals surface area contributed by atoms with Crippen molar-refractivity contribution >= 4 is 29.0 Å². The number of carbonyl (C=O) groups is 1. The summed E-state index contributed by atoms with van der Waals surface area (Å²) < 4.78 is 0. The molecule has 4 nitrogen and oxygen atoms in total. The van der Waals surface area contributed by atoms with Gasteiger partial charge in [0.05, 0.1) is 13.1 Å². The van der Waals surface area contributed by atoms with E-state index in [-0.39, 0.29) is 19.1 Å². The number of amides is 2. The van der Waals surface area contributed by atoms with E-state index in [2.05, 4.69) is 17.2 Å². The molecular formula is C11H15ClN2O2S. The number of nitrogens with one attached hydrogen (secondary N) is 2. The maximum Gasteiger partial charge on any atom is 0.315 e. The van der Waals surface area contributed by atoms with Crippen LogP contribution in [0.25, 0.3) is 0 Å². The van der Waals surface area contributed by atoms with Crippen molar-refractivity contribution in [1.29, 1.82) is 0 Å². The van der Waals surface area contributed by atoms with Gasteiger partial charge in [-0.25, -0.2) is 4.79 Å². The molecule has 0 fully saturated rings. The number of thiophene rings is 1. The summed E-state index contributed by atoms with van der Waals surface area (Å²) >= 11 is 7.01. The molecule has 1 atom stereocenters. The molecule has 0 aromatic carbocycles. The van der Waals surface area contributed by atoms with Crippen LogP contribution < -0.4 is 10.6 Å². The second kappa shape index (κ2) is 6.05. The Kier molecular flexibility index (Phi) is 4.99. The smallest absolute Gasteiger partial charge is 0.315 e. The third-order valence-corrected chi connectivity index (χ3v) is 2.99. The van der Waals surface area contributed by atoms with Crippen molar-refractivity contribution in [2.75, 3.05) is 13.1 Å². The average molecular weight is 275 g/mol. The minimum Gasteiger partial charge on any atom is -0.384 e. The predicted molar refractivity (Wildman–Crippen MR) is 70.3 cm³/mol. The maximum atomic E-state index is 11.3. The third kappa shape index (κ3) is 4.77. The van der Waals surface area contributed by atoms with Crippen molar-refractivity contribution in [1.82, 2.24) is 10.6 Å². The van der Waals surface area contributed by atoms with Gasteiger partial charge in [-0.15, -0.1) is 0 Å². The van der Waals surface area contributed by atoms with Crippen LogP contribution in [0.2, 0.25) is 0 Å². The molecule has 0 radical (unpaired) electrons. The monoisotopic (exact) mass is 274 g/mol. The molecule has 1 aromatic rings. The maximum absolute atomic E-state index is 11.3. The van der Waals surface area contributed by atoms with Gasteiger partial charge in [0, 0.05) is 5.03 Å². The molecule has 0 aliphatic heterocycles. The molecule has 0 unspecified atom stereocenters. The van der Waals surface area contributed by atoms with Gasteiger partial charge in [0.2, 0.25) is 0 Å². The van der Waals surface area contributed by atoms with Gasteiger partial charge >= 0.3 is 6.03 Å². The topological polar surface area (TPSA) is 61.4 Å². The molecule has 0 saturated heterocycles. The van der Waals surface area contributed by atoms with Crippen LogP contribution in [0.1, 0.15) is 12.5 Å². The fraction of sp³-hybridized carbons (Fsp3) is 0.364. The average Bonchev–Trinajstić information content (AvgIpc) is 2.77. The standard InChI is InChI=1S/C11H15ClN2O2S/c1-8(12)5-13-10(15)14-7-11(2,16)9-3-4-17-6-9/h3-4,6,16H,1,5,7H2,2H3,(H2,13,14,15)/t11-/m1/s1. The molecule has 1 aromatic heterocycles. The lowest BCUT2D eigenvalue weighted by atomic mass is 9.99. The van der Waals surface area contributed by atoms with Crippen LogP contribution in [-0.4, -0.2) is 24.2 Å². The molecule has 1 rings (SSSR count). The van der Waals surface area contributed by atoms with E-state index in [9.17, 15) is 9.90 Å². The highest BCUT2D eigenvalue weighted by Gasteiger charge is 2.23. The van der Waals surface area contributed by atoms with Gasteiger partial charge in [-0.2, -0.15) is 11.3 Å². The minimum atomic E-state index is -1.07. The highest BCUT2D eigenvalue weighted by Crippen LogP contribution is 2.21. The largest absolute Gasteiger partial charge is 0.384 e. The minimum absolute atomic E-state index is 0.129. The Morgan fingerprint density at radius 1 is 1.65 bits per heavy atom. The Balaban J connectivity index is 2.40. The van der Waals surface area contributed by atoms with Gasteiger partial charge in [0.15, 0.2) is 0 Å². The summed E-state index contributed by atoms with van der Waals surface area (Å²) in [5.74, 6) is 0. The number of urea groups is 1. The van der Waals surface area contributed by atoms with Crippen LogP contribution in [0.15, 0.2) is 28.4 Å². The highest BCUT2D eigenvalue weighted by molar-refractivity contribution is 7.08. The van der Waals surface area contributed by atoms with Crippen molar-refractivity contribution in [3.8, 4) is 0 Å². The van der Waals surface area contributed by atoms with Gasteiger partial charge in [0.1, 0.15) is 5.60 Å². The molecule has 94 valence electrons. The van der Waals surface area contributed by atoms with Crippen LogP contribution >= 0.6 is 22.9 Å². The summed E-state index contributed by atoms with van der Waals surface area (Å²) in [6, 6.07) is 1.44. The lowest BCUT2D eigenvalue weighted by Crippen LogP contribution is -2.43. The molecule has 6 heteroatoms. The lowest BCUT2D eigenvalue weighted by Gasteiger charge is -2.22. The molecule has 17 heavy (non-hydrogen) atoms. The third-order valence-electron chi connectivity index (χ3n) is 2.18. The van der Waals surface area contributed by atoms with E-state index in [1.54, 1.807) is 6.92 Å². The molecule has 0 aliphatic carbocycles. The van der Waals surface area contributed by atoms with E-state index in [4.69, 9.17) is 11.6 Å². The van der Waals surface area contributed by atoms with E-state index < -0.39 is 5.60 Å². The van der Waals surface area contributed by atoms with Crippen molar-refractivity contribution in [2.24, 2.45) is 0 Å². The number of hydrogen-bond donors (Lipinski definition) is 3.